The van der Waals surface area contributed by atoms with Crippen LogP contribution in [0.15, 0.2) is 71.9 Å². The van der Waals surface area contributed by atoms with Gasteiger partial charge >= 0.3 is 6.18 Å². The van der Waals surface area contributed by atoms with Gasteiger partial charge in [0.05, 0.1) is 48.7 Å². The molecule has 0 unspecified atom stereocenters. The molecule has 5 nitrogen and oxygen atoms in total. The Hall–Kier alpha value is -3.46. The molecule has 0 aliphatic rings. The van der Waals surface area contributed by atoms with Crippen LogP contribution in [0, 0.1) is 0 Å². The van der Waals surface area contributed by atoms with E-state index in [1.54, 1.807) is 18.2 Å². The predicted molar refractivity (Wildman–Crippen MR) is 125 cm³/mol. The zero-order chi connectivity index (χ0) is 24.3. The highest BCUT2D eigenvalue weighted by Crippen LogP contribution is 2.34. The van der Waals surface area contributed by atoms with Crippen LogP contribution in [0.3, 0.4) is 0 Å². The number of benzene rings is 3. The van der Waals surface area contributed by atoms with E-state index in [1.807, 2.05) is 34.9 Å². The number of halogens is 3. The van der Waals surface area contributed by atoms with Crippen molar-refractivity contribution in [3.63, 3.8) is 0 Å². The number of nitrogens with zero attached hydrogens (tertiary/aromatic N) is 2. The first-order valence-corrected chi connectivity index (χ1v) is 11.3. The molecular weight excluding hydrogens is 465 g/mol. The van der Waals surface area contributed by atoms with Crippen LogP contribution < -0.4 is 9.47 Å². The molecule has 1 aromatic heterocycles. The molecule has 4 rings (SSSR count). The number of aromatic nitrogens is 2. The molecule has 0 spiro atoms. The van der Waals surface area contributed by atoms with Crippen LogP contribution in [0.4, 0.5) is 13.2 Å². The van der Waals surface area contributed by atoms with E-state index in [2.05, 4.69) is 4.98 Å². The molecule has 4 aromatic rings. The Labute approximate surface area is 198 Å². The van der Waals surface area contributed by atoms with Crippen LogP contribution in [0.1, 0.15) is 21.5 Å². The van der Waals surface area contributed by atoms with Gasteiger partial charge in [0.1, 0.15) is 11.5 Å². The average molecular weight is 487 g/mol. The third-order valence-corrected chi connectivity index (χ3v) is 6.24. The highest BCUT2D eigenvalue weighted by Gasteiger charge is 2.31. The molecule has 0 saturated carbocycles. The van der Waals surface area contributed by atoms with Gasteiger partial charge in [-0.1, -0.05) is 42.1 Å². The van der Waals surface area contributed by atoms with Gasteiger partial charge in [0.2, 0.25) is 0 Å². The zero-order valence-corrected chi connectivity index (χ0v) is 19.2. The lowest BCUT2D eigenvalue weighted by Gasteiger charge is -2.11. The summed E-state index contributed by atoms with van der Waals surface area (Å²) in [5.74, 6) is 0.743. The number of carbonyl (C=O) groups is 1. The predicted octanol–water partition coefficient (Wildman–Crippen LogP) is 6.10. The maximum absolute atomic E-state index is 13.2. The average Bonchev–Trinajstić information content (AvgIpc) is 3.18. The fourth-order valence-electron chi connectivity index (χ4n) is 3.55. The number of fused-ring (bicyclic) bond motifs is 1. The molecule has 0 saturated heterocycles. The number of imidazole rings is 1. The second-order valence-electron chi connectivity index (χ2n) is 7.45. The number of thioether (sulfide) groups is 1. The van der Waals surface area contributed by atoms with Gasteiger partial charge in [-0.05, 0) is 42.0 Å². The molecule has 9 heteroatoms. The molecule has 34 heavy (non-hydrogen) atoms. The summed E-state index contributed by atoms with van der Waals surface area (Å²) < 4.78 is 52.0. The topological polar surface area (TPSA) is 53.4 Å². The first-order chi connectivity index (χ1) is 16.3. The number of Topliss-reactive ketones (excluding diaryl/α,β-unsaturated/α-hetero) is 1. The summed E-state index contributed by atoms with van der Waals surface area (Å²) in [5, 5.41) is 0.452. The van der Waals surface area contributed by atoms with Gasteiger partial charge < -0.3 is 14.0 Å². The van der Waals surface area contributed by atoms with Crippen LogP contribution in [-0.4, -0.2) is 35.3 Å². The number of hydrogen-bond acceptors (Lipinski definition) is 5. The lowest BCUT2D eigenvalue weighted by molar-refractivity contribution is -0.137. The smallest absolute Gasteiger partial charge is 0.416 e. The number of rotatable bonds is 8. The largest absolute Gasteiger partial charge is 0.497 e. The zero-order valence-electron chi connectivity index (χ0n) is 18.4. The minimum absolute atomic E-state index is 0.0216. The lowest BCUT2D eigenvalue weighted by atomic mass is 10.1. The van der Waals surface area contributed by atoms with Gasteiger partial charge in [-0.2, -0.15) is 13.2 Å². The third-order valence-electron chi connectivity index (χ3n) is 5.26. The molecule has 176 valence electrons. The standard InChI is InChI=1S/C25H21F3N2O3S/c1-32-18-9-11-23(33-2)19(13-18)22(31)15-34-24-29-20-12-17(25(26,27)28)8-10-21(20)30(24)14-16-6-4-3-5-7-16/h3-13H,14-15H2,1-2H3. The Morgan fingerprint density at radius 1 is 1.00 bits per heavy atom. The van der Waals surface area contributed by atoms with Crippen molar-refractivity contribution in [1.82, 2.24) is 9.55 Å². The number of carbonyl (C=O) groups excluding carboxylic acids is 1. The fraction of sp³-hybridized carbons (Fsp3) is 0.200. The van der Waals surface area contributed by atoms with E-state index < -0.39 is 11.7 Å². The Morgan fingerprint density at radius 3 is 2.44 bits per heavy atom. The van der Waals surface area contributed by atoms with Crippen molar-refractivity contribution in [2.24, 2.45) is 0 Å². The molecule has 0 radical (unpaired) electrons. The van der Waals surface area contributed by atoms with Crippen LogP contribution in [0.25, 0.3) is 11.0 Å². The first kappa shape index (κ1) is 23.7. The van der Waals surface area contributed by atoms with Gasteiger partial charge in [0, 0.05) is 0 Å². The quantitative estimate of drug-likeness (QED) is 0.223. The van der Waals surface area contributed by atoms with Crippen molar-refractivity contribution >= 4 is 28.6 Å². The van der Waals surface area contributed by atoms with Gasteiger partial charge in [-0.3, -0.25) is 4.79 Å². The van der Waals surface area contributed by atoms with E-state index in [1.165, 1.54) is 32.0 Å². The maximum atomic E-state index is 13.2. The Balaban J connectivity index is 1.68. The molecule has 0 fully saturated rings. The Morgan fingerprint density at radius 2 is 1.76 bits per heavy atom. The van der Waals surface area contributed by atoms with E-state index >= 15 is 0 Å². The fourth-order valence-corrected chi connectivity index (χ4v) is 4.45. The van der Waals surface area contributed by atoms with Crippen LogP contribution in [0.2, 0.25) is 0 Å². The van der Waals surface area contributed by atoms with Crippen molar-refractivity contribution in [2.75, 3.05) is 20.0 Å². The van der Waals surface area contributed by atoms with Crippen molar-refractivity contribution in [3.05, 3.63) is 83.4 Å². The summed E-state index contributed by atoms with van der Waals surface area (Å²) >= 11 is 1.17. The van der Waals surface area contributed by atoms with Crippen LogP contribution >= 0.6 is 11.8 Å². The van der Waals surface area contributed by atoms with E-state index in [4.69, 9.17) is 9.47 Å². The van der Waals surface area contributed by atoms with Crippen molar-refractivity contribution in [3.8, 4) is 11.5 Å². The van der Waals surface area contributed by atoms with Gasteiger partial charge in [0.25, 0.3) is 0 Å². The number of hydrogen-bond donors (Lipinski definition) is 0. The lowest BCUT2D eigenvalue weighted by Crippen LogP contribution is -2.08. The number of alkyl halides is 3. The molecule has 0 amide bonds. The Bertz CT molecular complexity index is 1320. The van der Waals surface area contributed by atoms with E-state index in [9.17, 15) is 18.0 Å². The Kier molecular flexibility index (Phi) is 6.83. The molecule has 0 aliphatic heterocycles. The van der Waals surface area contributed by atoms with Crippen LogP contribution in [-0.2, 0) is 12.7 Å². The van der Waals surface area contributed by atoms with Gasteiger partial charge in [0.15, 0.2) is 10.9 Å². The molecular formula is C25H21F3N2O3S. The van der Waals surface area contributed by atoms with Crippen LogP contribution in [0.5, 0.6) is 11.5 Å². The molecule has 0 bridgehead atoms. The van der Waals surface area contributed by atoms with E-state index in [-0.39, 0.29) is 17.1 Å². The molecule has 1 heterocycles. The molecule has 0 N–H and O–H groups in total. The normalized spacial score (nSPS) is 11.6. The van der Waals surface area contributed by atoms with Gasteiger partial charge in [-0.15, -0.1) is 0 Å². The summed E-state index contributed by atoms with van der Waals surface area (Å²) in [6.45, 7) is 0.404. The van der Waals surface area contributed by atoms with Crippen molar-refractivity contribution < 1.29 is 27.4 Å². The summed E-state index contributed by atoms with van der Waals surface area (Å²) in [5.41, 5.74) is 1.34. The second kappa shape index (κ2) is 9.80. The summed E-state index contributed by atoms with van der Waals surface area (Å²) in [6, 6.07) is 18.0. The highest BCUT2D eigenvalue weighted by molar-refractivity contribution is 7.99. The maximum Gasteiger partial charge on any atom is 0.416 e. The number of methoxy groups -OCH3 is 2. The van der Waals surface area contributed by atoms with Crippen molar-refractivity contribution in [2.45, 2.75) is 17.9 Å². The minimum atomic E-state index is -4.47. The molecule has 0 atom stereocenters. The number of ketones is 1. The summed E-state index contributed by atoms with van der Waals surface area (Å²) in [7, 11) is 2.98. The van der Waals surface area contributed by atoms with Gasteiger partial charge in [-0.25, -0.2) is 4.98 Å². The summed E-state index contributed by atoms with van der Waals surface area (Å²) in [4.78, 5) is 17.4. The van der Waals surface area contributed by atoms with E-state index in [0.717, 1.165) is 17.7 Å². The van der Waals surface area contributed by atoms with Crippen molar-refractivity contribution in [1.29, 1.82) is 0 Å². The first-order valence-electron chi connectivity index (χ1n) is 10.3. The second-order valence-corrected chi connectivity index (χ2v) is 8.39. The molecule has 3 aromatic carbocycles. The monoisotopic (exact) mass is 486 g/mol. The minimum Gasteiger partial charge on any atom is -0.497 e. The number of ether oxygens (including phenoxy) is 2. The SMILES string of the molecule is COc1ccc(OC)c(C(=O)CSc2nc3cc(C(F)(F)F)ccc3n2Cc2ccccc2)c1. The van der Waals surface area contributed by atoms with E-state index in [0.29, 0.717) is 34.3 Å². The summed E-state index contributed by atoms with van der Waals surface area (Å²) in [6.07, 6.45) is -4.47. The third kappa shape index (κ3) is 5.04. The highest BCUT2D eigenvalue weighted by atomic mass is 32.2. The molecule has 0 aliphatic carbocycles.